The van der Waals surface area contributed by atoms with Crippen molar-refractivity contribution >= 4 is 35.2 Å². The lowest BCUT2D eigenvalue weighted by atomic mass is 9.94. The molecule has 3 N–H and O–H groups in total. The lowest BCUT2D eigenvalue weighted by Gasteiger charge is -2.34. The third-order valence-electron chi connectivity index (χ3n) is 7.55. The minimum absolute atomic E-state index is 0.0903. The lowest BCUT2D eigenvalue weighted by Crippen LogP contribution is -2.53. The minimum Gasteiger partial charge on any atom is -0.497 e. The van der Waals surface area contributed by atoms with Crippen LogP contribution in [0.1, 0.15) is 48.5 Å². The number of methoxy groups -OCH3 is 1. The zero-order valence-electron chi connectivity index (χ0n) is 25.2. The topological polar surface area (TPSA) is 126 Å². The van der Waals surface area contributed by atoms with Crippen LogP contribution in [0.5, 0.6) is 5.75 Å². The highest BCUT2D eigenvalue weighted by molar-refractivity contribution is 6.01. The second kappa shape index (κ2) is 16.1. The molecule has 3 aromatic carbocycles. The zero-order chi connectivity index (χ0) is 31.3. The standard InChI is InChI=1S/C34H40N4O6/c1-3-4-22-44-33(41)28-12-8-9-13-29(28)36-34(42)37-30(23-24-10-6-5-7-11-24)32(40)38-20-18-25(19-21-38)31(39)35-26-14-16-27(43-2)17-15-26/h5-17,25,30H,3-4,18-23H2,1-2H3,(H,35,39)(H2,36,37,42)/t30-/m0/s1. The van der Waals surface area contributed by atoms with Crippen molar-refractivity contribution in [2.75, 3.05) is 37.4 Å². The smallest absolute Gasteiger partial charge is 0.340 e. The van der Waals surface area contributed by atoms with E-state index in [4.69, 9.17) is 9.47 Å². The number of urea groups is 1. The maximum absolute atomic E-state index is 13.7. The number of rotatable bonds is 12. The van der Waals surface area contributed by atoms with Crippen LogP contribution in [0.25, 0.3) is 0 Å². The van der Waals surface area contributed by atoms with Gasteiger partial charge in [-0.2, -0.15) is 0 Å². The Morgan fingerprint density at radius 1 is 0.886 bits per heavy atom. The highest BCUT2D eigenvalue weighted by atomic mass is 16.5. The Balaban J connectivity index is 1.38. The molecule has 1 aliphatic heterocycles. The van der Waals surface area contributed by atoms with Crippen molar-refractivity contribution in [3.05, 3.63) is 90.0 Å². The van der Waals surface area contributed by atoms with Crippen LogP contribution in [-0.4, -0.2) is 61.6 Å². The minimum atomic E-state index is -0.856. The normalized spacial score (nSPS) is 13.8. The average Bonchev–Trinajstić information content (AvgIpc) is 3.05. The lowest BCUT2D eigenvalue weighted by molar-refractivity contribution is -0.136. The van der Waals surface area contributed by atoms with Gasteiger partial charge in [0, 0.05) is 31.1 Å². The van der Waals surface area contributed by atoms with Gasteiger partial charge in [0.25, 0.3) is 0 Å². The number of hydrogen-bond acceptors (Lipinski definition) is 6. The molecular formula is C34H40N4O6. The molecule has 10 heteroatoms. The number of unbranched alkanes of at least 4 members (excludes halogenated alkanes) is 1. The van der Waals surface area contributed by atoms with Crippen molar-refractivity contribution in [2.24, 2.45) is 5.92 Å². The Labute approximate surface area is 258 Å². The first-order chi connectivity index (χ1) is 21.4. The van der Waals surface area contributed by atoms with Crippen molar-refractivity contribution in [1.82, 2.24) is 10.2 Å². The fourth-order valence-electron chi connectivity index (χ4n) is 5.02. The first kappa shape index (κ1) is 32.1. The van der Waals surface area contributed by atoms with Gasteiger partial charge in [-0.1, -0.05) is 55.8 Å². The van der Waals surface area contributed by atoms with E-state index >= 15 is 0 Å². The number of benzene rings is 3. The second-order valence-corrected chi connectivity index (χ2v) is 10.7. The molecule has 1 aliphatic rings. The highest BCUT2D eigenvalue weighted by Crippen LogP contribution is 2.22. The summed E-state index contributed by atoms with van der Waals surface area (Å²) in [4.78, 5) is 54.1. The molecule has 0 radical (unpaired) electrons. The van der Waals surface area contributed by atoms with Crippen molar-refractivity contribution in [3.8, 4) is 5.75 Å². The van der Waals surface area contributed by atoms with Gasteiger partial charge in [0.15, 0.2) is 0 Å². The van der Waals surface area contributed by atoms with Gasteiger partial charge in [-0.05, 0) is 61.2 Å². The fourth-order valence-corrected chi connectivity index (χ4v) is 5.02. The van der Waals surface area contributed by atoms with Gasteiger partial charge in [0.2, 0.25) is 11.8 Å². The van der Waals surface area contributed by atoms with E-state index < -0.39 is 18.0 Å². The summed E-state index contributed by atoms with van der Waals surface area (Å²) in [6, 6.07) is 21.7. The third-order valence-corrected chi connectivity index (χ3v) is 7.55. The predicted molar refractivity (Wildman–Crippen MR) is 169 cm³/mol. The first-order valence-corrected chi connectivity index (χ1v) is 15.0. The van der Waals surface area contributed by atoms with Crippen LogP contribution in [0.2, 0.25) is 0 Å². The summed E-state index contributed by atoms with van der Waals surface area (Å²) in [6.45, 7) is 3.08. The van der Waals surface area contributed by atoms with E-state index in [1.165, 1.54) is 0 Å². The van der Waals surface area contributed by atoms with E-state index in [0.717, 1.165) is 18.4 Å². The van der Waals surface area contributed by atoms with Gasteiger partial charge in [0.05, 0.1) is 25.0 Å². The molecule has 4 amide bonds. The highest BCUT2D eigenvalue weighted by Gasteiger charge is 2.32. The number of anilines is 2. The number of carbonyl (C=O) groups is 4. The van der Waals surface area contributed by atoms with Gasteiger partial charge in [0.1, 0.15) is 11.8 Å². The van der Waals surface area contributed by atoms with Gasteiger partial charge in [-0.3, -0.25) is 9.59 Å². The fraction of sp³-hybridized carbons (Fsp3) is 0.353. The van der Waals surface area contributed by atoms with Crippen molar-refractivity contribution in [3.63, 3.8) is 0 Å². The summed E-state index contributed by atoms with van der Waals surface area (Å²) < 4.78 is 10.5. The van der Waals surface area contributed by atoms with Crippen molar-refractivity contribution in [1.29, 1.82) is 0 Å². The van der Waals surface area contributed by atoms with Gasteiger partial charge in [-0.15, -0.1) is 0 Å². The molecule has 1 saturated heterocycles. The Hall–Kier alpha value is -4.86. The first-order valence-electron chi connectivity index (χ1n) is 15.0. The van der Waals surface area contributed by atoms with Crippen LogP contribution in [0.4, 0.5) is 16.2 Å². The van der Waals surface area contributed by atoms with E-state index in [-0.39, 0.29) is 29.7 Å². The van der Waals surface area contributed by atoms with E-state index in [1.807, 2.05) is 37.3 Å². The van der Waals surface area contributed by atoms with Crippen LogP contribution in [0, 0.1) is 5.92 Å². The second-order valence-electron chi connectivity index (χ2n) is 10.7. The Morgan fingerprint density at radius 2 is 1.57 bits per heavy atom. The van der Waals surface area contributed by atoms with Gasteiger partial charge < -0.3 is 30.3 Å². The van der Waals surface area contributed by atoms with Crippen LogP contribution in [0.3, 0.4) is 0 Å². The van der Waals surface area contributed by atoms with Crippen LogP contribution < -0.4 is 20.7 Å². The SMILES string of the molecule is CCCCOC(=O)c1ccccc1NC(=O)N[C@@H](Cc1ccccc1)C(=O)N1CCC(C(=O)Nc2ccc(OC)cc2)CC1. The summed E-state index contributed by atoms with van der Waals surface area (Å²) in [7, 11) is 1.59. The molecule has 0 unspecified atom stereocenters. The number of likely N-dealkylation sites (tertiary alicyclic amines) is 1. The molecule has 3 aromatic rings. The third kappa shape index (κ3) is 9.07. The molecule has 0 bridgehead atoms. The zero-order valence-corrected chi connectivity index (χ0v) is 25.2. The molecule has 0 spiro atoms. The summed E-state index contributed by atoms with van der Waals surface area (Å²) in [5.74, 6) is -0.377. The van der Waals surface area contributed by atoms with Crippen LogP contribution >= 0.6 is 0 Å². The number of ether oxygens (including phenoxy) is 2. The van der Waals surface area contributed by atoms with Gasteiger partial charge >= 0.3 is 12.0 Å². The summed E-state index contributed by atoms with van der Waals surface area (Å²) >= 11 is 0. The maximum atomic E-state index is 13.7. The quantitative estimate of drug-likeness (QED) is 0.192. The van der Waals surface area contributed by atoms with Crippen LogP contribution in [0.15, 0.2) is 78.9 Å². The van der Waals surface area contributed by atoms with Crippen LogP contribution in [-0.2, 0) is 20.7 Å². The number of amides is 4. The predicted octanol–water partition coefficient (Wildman–Crippen LogP) is 5.26. The maximum Gasteiger partial charge on any atom is 0.340 e. The molecule has 1 fully saturated rings. The largest absolute Gasteiger partial charge is 0.497 e. The molecule has 1 atom stereocenters. The molecule has 10 nitrogen and oxygen atoms in total. The molecule has 4 rings (SSSR count). The molecule has 0 saturated carbocycles. The molecule has 44 heavy (non-hydrogen) atoms. The van der Waals surface area contributed by atoms with E-state index in [1.54, 1.807) is 60.5 Å². The van der Waals surface area contributed by atoms with E-state index in [2.05, 4.69) is 16.0 Å². The van der Waals surface area contributed by atoms with Crippen molar-refractivity contribution < 1.29 is 28.7 Å². The number of para-hydroxylation sites is 1. The number of esters is 1. The Bertz CT molecular complexity index is 1400. The molecule has 0 aromatic heterocycles. The Kier molecular flexibility index (Phi) is 11.7. The number of carbonyl (C=O) groups excluding carboxylic acids is 4. The number of nitrogens with one attached hydrogen (secondary N) is 3. The summed E-state index contributed by atoms with van der Waals surface area (Å²) in [5, 5.41) is 8.49. The summed E-state index contributed by atoms with van der Waals surface area (Å²) in [6.07, 6.45) is 2.93. The molecule has 232 valence electrons. The average molecular weight is 601 g/mol. The molecule has 1 heterocycles. The van der Waals surface area contributed by atoms with Gasteiger partial charge in [-0.25, -0.2) is 9.59 Å². The monoisotopic (exact) mass is 600 g/mol. The molecular weight excluding hydrogens is 560 g/mol. The number of hydrogen-bond donors (Lipinski definition) is 3. The molecule has 0 aliphatic carbocycles. The summed E-state index contributed by atoms with van der Waals surface area (Å²) in [5.41, 5.74) is 2.10. The van der Waals surface area contributed by atoms with E-state index in [0.29, 0.717) is 49.7 Å². The number of piperidine rings is 1. The van der Waals surface area contributed by atoms with E-state index in [9.17, 15) is 19.2 Å². The van der Waals surface area contributed by atoms with Crippen molar-refractivity contribution in [2.45, 2.75) is 45.1 Å². The Morgan fingerprint density at radius 3 is 2.25 bits per heavy atom. The number of nitrogens with zero attached hydrogens (tertiary/aromatic N) is 1.